The third kappa shape index (κ3) is 4.50. The fourth-order valence-electron chi connectivity index (χ4n) is 0.922. The van der Waals surface area contributed by atoms with Crippen LogP contribution in [-0.2, 0) is 9.59 Å². The zero-order valence-corrected chi connectivity index (χ0v) is 8.97. The summed E-state index contributed by atoms with van der Waals surface area (Å²) in [4.78, 5) is 21.3. The topological polar surface area (TPSA) is 95.0 Å². The van der Waals surface area contributed by atoms with E-state index in [1.807, 2.05) is 0 Å². The highest BCUT2D eigenvalue weighted by atomic mass is 32.1. The second-order valence-electron chi connectivity index (χ2n) is 2.90. The number of aliphatic carboxylic acids is 1. The number of carboxylic acid groups (broad SMARTS) is 1. The summed E-state index contributed by atoms with van der Waals surface area (Å²) in [5.41, 5.74) is 0. The molecule has 6 nitrogen and oxygen atoms in total. The van der Waals surface area contributed by atoms with Gasteiger partial charge < -0.3 is 15.2 Å². The molecule has 15 heavy (non-hydrogen) atoms. The molecule has 0 saturated heterocycles. The molecule has 0 aliphatic carbocycles. The maximum atomic E-state index is 11.2. The van der Waals surface area contributed by atoms with Crippen LogP contribution in [0.4, 0.5) is 5.13 Å². The number of aromatic nitrogens is 2. The molecule has 1 rings (SSSR count). The maximum absolute atomic E-state index is 11.2. The third-order valence-corrected chi connectivity index (χ3v) is 2.31. The van der Waals surface area contributed by atoms with Crippen molar-refractivity contribution in [2.24, 2.45) is 0 Å². The normalized spacial score (nSPS) is 9.93. The highest BCUT2D eigenvalue weighted by molar-refractivity contribution is 7.15. The maximum Gasteiger partial charge on any atom is 0.226 e. The van der Waals surface area contributed by atoms with E-state index in [2.05, 4.69) is 15.5 Å². The number of amides is 1. The summed E-state index contributed by atoms with van der Waals surface area (Å²) in [6.45, 7) is 1.78. The van der Waals surface area contributed by atoms with E-state index < -0.39 is 5.97 Å². The average Bonchev–Trinajstić information content (AvgIpc) is 2.50. The number of nitrogens with one attached hydrogen (secondary N) is 1. The van der Waals surface area contributed by atoms with Gasteiger partial charge in [0.1, 0.15) is 5.01 Å². The summed E-state index contributed by atoms with van der Waals surface area (Å²) in [5, 5.41) is 21.2. The molecule has 0 aromatic carbocycles. The van der Waals surface area contributed by atoms with Gasteiger partial charge in [0, 0.05) is 12.4 Å². The number of carboxylic acids is 1. The molecule has 0 saturated carbocycles. The van der Waals surface area contributed by atoms with E-state index in [9.17, 15) is 14.7 Å². The quantitative estimate of drug-likeness (QED) is 0.746. The number of hydrogen-bond acceptors (Lipinski definition) is 6. The fraction of sp³-hybridized carbons (Fsp3) is 0.500. The van der Waals surface area contributed by atoms with E-state index in [1.165, 1.54) is 11.3 Å². The first-order valence-electron chi connectivity index (χ1n) is 4.37. The summed E-state index contributed by atoms with van der Waals surface area (Å²) >= 11 is 1.27. The van der Waals surface area contributed by atoms with Crippen LogP contribution in [0.25, 0.3) is 0 Å². The van der Waals surface area contributed by atoms with Crippen molar-refractivity contribution < 1.29 is 14.7 Å². The summed E-state index contributed by atoms with van der Waals surface area (Å²) < 4.78 is 0. The van der Waals surface area contributed by atoms with E-state index in [-0.39, 0.29) is 25.2 Å². The van der Waals surface area contributed by atoms with Crippen molar-refractivity contribution in [1.82, 2.24) is 10.2 Å². The van der Waals surface area contributed by atoms with Crippen molar-refractivity contribution in [2.75, 3.05) is 5.32 Å². The van der Waals surface area contributed by atoms with Crippen LogP contribution in [-0.4, -0.2) is 22.1 Å². The van der Waals surface area contributed by atoms with Crippen LogP contribution in [0, 0.1) is 6.92 Å². The van der Waals surface area contributed by atoms with Gasteiger partial charge in [-0.3, -0.25) is 4.79 Å². The number of aryl methyl sites for hydroxylation is 1. The molecule has 1 amide bonds. The van der Waals surface area contributed by atoms with Crippen molar-refractivity contribution >= 4 is 28.3 Å². The summed E-state index contributed by atoms with van der Waals surface area (Å²) in [5.74, 6) is -1.40. The smallest absolute Gasteiger partial charge is 0.226 e. The molecular formula is C8H10N3O3S-. The first kappa shape index (κ1) is 11.6. The Morgan fingerprint density at radius 3 is 2.67 bits per heavy atom. The van der Waals surface area contributed by atoms with E-state index in [4.69, 9.17) is 0 Å². The predicted octanol–water partition coefficient (Wildman–Crippen LogP) is -0.295. The second kappa shape index (κ2) is 5.40. The van der Waals surface area contributed by atoms with Gasteiger partial charge in [0.15, 0.2) is 0 Å². The molecule has 1 aromatic heterocycles. The lowest BCUT2D eigenvalue weighted by Gasteiger charge is -2.01. The Balaban J connectivity index is 2.27. The van der Waals surface area contributed by atoms with Crippen LogP contribution in [0.5, 0.6) is 0 Å². The first-order chi connectivity index (χ1) is 7.08. The van der Waals surface area contributed by atoms with E-state index in [0.29, 0.717) is 5.13 Å². The largest absolute Gasteiger partial charge is 0.550 e. The van der Waals surface area contributed by atoms with Crippen LogP contribution < -0.4 is 10.4 Å². The van der Waals surface area contributed by atoms with Gasteiger partial charge >= 0.3 is 0 Å². The van der Waals surface area contributed by atoms with Crippen molar-refractivity contribution in [3.63, 3.8) is 0 Å². The Hall–Kier alpha value is -1.50. The lowest BCUT2D eigenvalue weighted by Crippen LogP contribution is -2.22. The minimum Gasteiger partial charge on any atom is -0.550 e. The molecule has 0 unspecified atom stereocenters. The zero-order valence-electron chi connectivity index (χ0n) is 8.15. The van der Waals surface area contributed by atoms with Gasteiger partial charge in [-0.15, -0.1) is 10.2 Å². The Kier molecular flexibility index (Phi) is 4.17. The molecule has 0 aliphatic rings. The van der Waals surface area contributed by atoms with Crippen LogP contribution in [0.2, 0.25) is 0 Å². The van der Waals surface area contributed by atoms with Crippen molar-refractivity contribution in [1.29, 1.82) is 0 Å². The van der Waals surface area contributed by atoms with Gasteiger partial charge in [-0.05, 0) is 19.8 Å². The van der Waals surface area contributed by atoms with Gasteiger partial charge in [0.2, 0.25) is 11.0 Å². The number of anilines is 1. The first-order valence-corrected chi connectivity index (χ1v) is 5.19. The van der Waals surface area contributed by atoms with Gasteiger partial charge in [0.05, 0.1) is 0 Å². The standard InChI is InChI=1S/C8H11N3O3S/c1-5-10-11-8(15-5)9-6(12)3-2-4-7(13)14/h2-4H2,1H3,(H,13,14)(H,9,11,12)/p-1. The van der Waals surface area contributed by atoms with Crippen molar-refractivity contribution in [3.8, 4) is 0 Å². The van der Waals surface area contributed by atoms with Gasteiger partial charge in [-0.25, -0.2) is 0 Å². The van der Waals surface area contributed by atoms with Crippen LogP contribution in [0.1, 0.15) is 24.3 Å². The molecule has 0 fully saturated rings. The molecule has 7 heteroatoms. The molecule has 0 radical (unpaired) electrons. The minimum absolute atomic E-state index is 0.109. The van der Waals surface area contributed by atoms with E-state index in [1.54, 1.807) is 6.92 Å². The van der Waals surface area contributed by atoms with Crippen molar-refractivity contribution in [3.05, 3.63) is 5.01 Å². The van der Waals surface area contributed by atoms with Gasteiger partial charge in [-0.1, -0.05) is 11.3 Å². The average molecular weight is 228 g/mol. The van der Waals surface area contributed by atoms with Crippen LogP contribution in [0.3, 0.4) is 0 Å². The molecule has 0 bridgehead atoms. The monoisotopic (exact) mass is 228 g/mol. The molecule has 1 heterocycles. The number of rotatable bonds is 5. The molecule has 0 aliphatic heterocycles. The van der Waals surface area contributed by atoms with Gasteiger partial charge in [0.25, 0.3) is 0 Å². The Morgan fingerprint density at radius 2 is 2.13 bits per heavy atom. The lowest BCUT2D eigenvalue weighted by molar-refractivity contribution is -0.305. The molecule has 82 valence electrons. The second-order valence-corrected chi connectivity index (χ2v) is 4.08. The molecule has 1 N–H and O–H groups in total. The molecule has 0 atom stereocenters. The SMILES string of the molecule is Cc1nnc(NC(=O)CCCC(=O)[O-])s1. The lowest BCUT2D eigenvalue weighted by atomic mass is 10.2. The highest BCUT2D eigenvalue weighted by Crippen LogP contribution is 2.13. The van der Waals surface area contributed by atoms with Crippen LogP contribution >= 0.6 is 11.3 Å². The van der Waals surface area contributed by atoms with E-state index >= 15 is 0 Å². The number of carbonyl (C=O) groups is 2. The Bertz CT molecular complexity index is 364. The van der Waals surface area contributed by atoms with Gasteiger partial charge in [-0.2, -0.15) is 0 Å². The zero-order chi connectivity index (χ0) is 11.3. The minimum atomic E-state index is -1.14. The summed E-state index contributed by atoms with van der Waals surface area (Å²) in [6, 6.07) is 0. The Morgan fingerprint density at radius 1 is 1.40 bits per heavy atom. The summed E-state index contributed by atoms with van der Waals surface area (Å²) in [6.07, 6.45) is 0.307. The Labute approximate surface area is 90.3 Å². The molecule has 1 aromatic rings. The summed E-state index contributed by atoms with van der Waals surface area (Å²) in [7, 11) is 0. The highest BCUT2D eigenvalue weighted by Gasteiger charge is 2.05. The number of hydrogen-bond donors (Lipinski definition) is 1. The van der Waals surface area contributed by atoms with Crippen molar-refractivity contribution in [2.45, 2.75) is 26.2 Å². The number of carbonyl (C=O) groups excluding carboxylic acids is 2. The third-order valence-electron chi connectivity index (χ3n) is 1.56. The molecular weight excluding hydrogens is 218 g/mol. The van der Waals surface area contributed by atoms with E-state index in [0.717, 1.165) is 5.01 Å². The van der Waals surface area contributed by atoms with Crippen LogP contribution in [0.15, 0.2) is 0 Å². The fourth-order valence-corrected chi connectivity index (χ4v) is 1.53. The molecule has 0 spiro atoms. The predicted molar refractivity (Wildman–Crippen MR) is 52.1 cm³/mol. The number of nitrogens with zero attached hydrogens (tertiary/aromatic N) is 2.